The molecule has 34 heavy (non-hydrogen) atoms. The van der Waals surface area contributed by atoms with Crippen LogP contribution < -0.4 is 0 Å². The lowest BCUT2D eigenvalue weighted by Crippen LogP contribution is -2.13. The van der Waals surface area contributed by atoms with Crippen molar-refractivity contribution in [2.24, 2.45) is 0 Å². The standard InChI is InChI=1S/C30H32N2O2/c1-2-3-14-30-31-21-28(29(34)13-8-19-33)32(30)22-23-15-17-25(18-16-23)27-12-7-11-26(20-27)24-9-5-4-6-10-24/h4-7,9-12,15-18,20-21,33H,2-3,8,13-14,19,22H2,1H3. The molecule has 0 atom stereocenters. The first-order chi connectivity index (χ1) is 16.7. The van der Waals surface area contributed by atoms with Gasteiger partial charge in [0.2, 0.25) is 0 Å². The number of unbranched alkanes of at least 4 members (excludes halogenated alkanes) is 1. The number of aromatic nitrogens is 2. The third-order valence-electron chi connectivity index (χ3n) is 6.14. The normalized spacial score (nSPS) is 11.0. The maximum absolute atomic E-state index is 12.7. The molecule has 0 spiro atoms. The number of hydrogen-bond donors (Lipinski definition) is 1. The van der Waals surface area contributed by atoms with Crippen LogP contribution in [-0.4, -0.2) is 27.0 Å². The Bertz CT molecular complexity index is 1210. The van der Waals surface area contributed by atoms with Gasteiger partial charge in [-0.15, -0.1) is 0 Å². The summed E-state index contributed by atoms with van der Waals surface area (Å²) in [5, 5.41) is 9.12. The smallest absolute Gasteiger partial charge is 0.180 e. The van der Waals surface area contributed by atoms with Gasteiger partial charge in [-0.3, -0.25) is 4.79 Å². The molecular formula is C30H32N2O2. The zero-order valence-corrected chi connectivity index (χ0v) is 19.8. The van der Waals surface area contributed by atoms with Crippen molar-refractivity contribution in [3.8, 4) is 22.3 Å². The van der Waals surface area contributed by atoms with E-state index in [1.165, 1.54) is 16.7 Å². The fourth-order valence-electron chi connectivity index (χ4n) is 4.21. The first-order valence-corrected chi connectivity index (χ1v) is 12.1. The molecule has 0 amide bonds. The molecule has 0 fully saturated rings. The van der Waals surface area contributed by atoms with Crippen LogP contribution in [0.25, 0.3) is 22.3 Å². The van der Waals surface area contributed by atoms with E-state index < -0.39 is 0 Å². The zero-order valence-electron chi connectivity index (χ0n) is 19.8. The molecular weight excluding hydrogens is 420 g/mol. The minimum atomic E-state index is 0.0233. The Hall–Kier alpha value is -3.50. The highest BCUT2D eigenvalue weighted by atomic mass is 16.3. The second-order valence-electron chi connectivity index (χ2n) is 8.64. The molecule has 4 nitrogen and oxygen atoms in total. The summed E-state index contributed by atoms with van der Waals surface area (Å²) in [6.07, 6.45) is 5.49. The van der Waals surface area contributed by atoms with Crippen molar-refractivity contribution >= 4 is 5.78 Å². The summed E-state index contributed by atoms with van der Waals surface area (Å²) in [6.45, 7) is 2.80. The lowest BCUT2D eigenvalue weighted by Gasteiger charge is -2.13. The van der Waals surface area contributed by atoms with Crippen LogP contribution >= 0.6 is 0 Å². The number of aliphatic hydroxyl groups excluding tert-OH is 1. The lowest BCUT2D eigenvalue weighted by atomic mass is 9.98. The van der Waals surface area contributed by atoms with Crippen LogP contribution in [-0.2, 0) is 13.0 Å². The van der Waals surface area contributed by atoms with Crippen LogP contribution in [0.5, 0.6) is 0 Å². The molecule has 4 heteroatoms. The minimum absolute atomic E-state index is 0.0233. The highest BCUT2D eigenvalue weighted by Gasteiger charge is 2.16. The van der Waals surface area contributed by atoms with E-state index in [2.05, 4.69) is 89.3 Å². The van der Waals surface area contributed by atoms with Crippen molar-refractivity contribution in [2.45, 2.75) is 45.6 Å². The summed E-state index contributed by atoms with van der Waals surface area (Å²) in [5.41, 5.74) is 6.53. The fraction of sp³-hybridized carbons (Fsp3) is 0.267. The van der Waals surface area contributed by atoms with E-state index >= 15 is 0 Å². The van der Waals surface area contributed by atoms with E-state index in [1.807, 2.05) is 6.07 Å². The Labute approximate surface area is 201 Å². The van der Waals surface area contributed by atoms with Crippen LogP contribution in [0.2, 0.25) is 0 Å². The number of rotatable bonds is 11. The van der Waals surface area contributed by atoms with Gasteiger partial charge in [0.05, 0.1) is 6.20 Å². The van der Waals surface area contributed by atoms with Crippen molar-refractivity contribution in [1.29, 1.82) is 0 Å². The van der Waals surface area contributed by atoms with Crippen LogP contribution in [0, 0.1) is 0 Å². The Balaban J connectivity index is 1.56. The van der Waals surface area contributed by atoms with Gasteiger partial charge >= 0.3 is 0 Å². The van der Waals surface area contributed by atoms with E-state index in [9.17, 15) is 4.79 Å². The number of benzene rings is 3. The molecule has 0 radical (unpaired) electrons. The predicted octanol–water partition coefficient (Wildman–Crippen LogP) is 6.56. The summed E-state index contributed by atoms with van der Waals surface area (Å²) in [6, 6.07) is 27.6. The molecule has 1 N–H and O–H groups in total. The maximum Gasteiger partial charge on any atom is 0.180 e. The topological polar surface area (TPSA) is 55.1 Å². The van der Waals surface area contributed by atoms with Gasteiger partial charge in [0.15, 0.2) is 5.78 Å². The van der Waals surface area contributed by atoms with Crippen LogP contribution in [0.4, 0.5) is 0 Å². The zero-order chi connectivity index (χ0) is 23.8. The van der Waals surface area contributed by atoms with Gasteiger partial charge in [0.1, 0.15) is 11.5 Å². The number of aryl methyl sites for hydroxylation is 1. The SMILES string of the molecule is CCCCc1ncc(C(=O)CCCO)n1Cc1ccc(-c2cccc(-c3ccccc3)c2)cc1. The molecule has 0 unspecified atom stereocenters. The number of nitrogens with zero attached hydrogens (tertiary/aromatic N) is 2. The van der Waals surface area contributed by atoms with Crippen LogP contribution in [0.15, 0.2) is 85.1 Å². The molecule has 0 aliphatic carbocycles. The second-order valence-corrected chi connectivity index (χ2v) is 8.64. The van der Waals surface area contributed by atoms with Crippen LogP contribution in [0.1, 0.15) is 54.5 Å². The van der Waals surface area contributed by atoms with E-state index in [0.29, 0.717) is 25.1 Å². The molecule has 4 aromatic rings. The van der Waals surface area contributed by atoms with Gasteiger partial charge in [0, 0.05) is 26.0 Å². The summed E-state index contributed by atoms with van der Waals surface area (Å²) in [5.74, 6) is 0.993. The number of imidazole rings is 1. The quantitative estimate of drug-likeness (QED) is 0.262. The molecule has 0 bridgehead atoms. The average Bonchev–Trinajstić information content (AvgIpc) is 3.29. The number of aliphatic hydroxyl groups is 1. The molecule has 1 aromatic heterocycles. The summed E-state index contributed by atoms with van der Waals surface area (Å²) in [7, 11) is 0. The first-order valence-electron chi connectivity index (χ1n) is 12.1. The molecule has 1 heterocycles. The minimum Gasteiger partial charge on any atom is -0.396 e. The Morgan fingerprint density at radius 1 is 0.853 bits per heavy atom. The number of carbonyl (C=O) groups is 1. The van der Waals surface area contributed by atoms with Crippen molar-refractivity contribution in [1.82, 2.24) is 9.55 Å². The third kappa shape index (κ3) is 5.70. The average molecular weight is 453 g/mol. The fourth-order valence-corrected chi connectivity index (χ4v) is 4.21. The van der Waals surface area contributed by atoms with Gasteiger partial charge in [0.25, 0.3) is 0 Å². The largest absolute Gasteiger partial charge is 0.396 e. The summed E-state index contributed by atoms with van der Waals surface area (Å²) in [4.78, 5) is 17.3. The molecule has 0 saturated carbocycles. The Morgan fingerprint density at radius 3 is 2.21 bits per heavy atom. The van der Waals surface area contributed by atoms with E-state index in [-0.39, 0.29) is 12.4 Å². The van der Waals surface area contributed by atoms with Gasteiger partial charge in [-0.1, -0.05) is 86.1 Å². The number of hydrogen-bond acceptors (Lipinski definition) is 3. The maximum atomic E-state index is 12.7. The number of carbonyl (C=O) groups excluding carboxylic acids is 1. The summed E-state index contributed by atoms with van der Waals surface area (Å²) < 4.78 is 2.06. The van der Waals surface area contributed by atoms with Crippen molar-refractivity contribution in [3.05, 3.63) is 102 Å². The molecule has 174 valence electrons. The second kappa shape index (κ2) is 11.6. The highest BCUT2D eigenvalue weighted by Crippen LogP contribution is 2.27. The van der Waals surface area contributed by atoms with E-state index in [1.54, 1.807) is 6.20 Å². The van der Waals surface area contributed by atoms with Crippen molar-refractivity contribution < 1.29 is 9.90 Å². The summed E-state index contributed by atoms with van der Waals surface area (Å²) >= 11 is 0. The molecule has 0 aliphatic heterocycles. The lowest BCUT2D eigenvalue weighted by molar-refractivity contribution is 0.0962. The van der Waals surface area contributed by atoms with E-state index in [0.717, 1.165) is 36.2 Å². The molecule has 4 rings (SSSR count). The van der Waals surface area contributed by atoms with Crippen LogP contribution in [0.3, 0.4) is 0 Å². The predicted molar refractivity (Wildman–Crippen MR) is 138 cm³/mol. The van der Waals surface area contributed by atoms with Gasteiger partial charge in [-0.25, -0.2) is 4.98 Å². The Kier molecular flexibility index (Phi) is 8.05. The first kappa shape index (κ1) is 23.7. The number of Topliss-reactive ketones (excluding diaryl/α,β-unsaturated/α-hetero) is 1. The molecule has 0 aliphatic rings. The molecule has 3 aromatic carbocycles. The third-order valence-corrected chi connectivity index (χ3v) is 6.14. The Morgan fingerprint density at radius 2 is 1.53 bits per heavy atom. The molecule has 0 saturated heterocycles. The van der Waals surface area contributed by atoms with E-state index in [4.69, 9.17) is 5.11 Å². The monoisotopic (exact) mass is 452 g/mol. The highest BCUT2D eigenvalue weighted by molar-refractivity contribution is 5.94. The van der Waals surface area contributed by atoms with Gasteiger partial charge in [-0.2, -0.15) is 0 Å². The van der Waals surface area contributed by atoms with Crippen molar-refractivity contribution in [2.75, 3.05) is 6.61 Å². The van der Waals surface area contributed by atoms with Gasteiger partial charge < -0.3 is 9.67 Å². The number of ketones is 1. The van der Waals surface area contributed by atoms with Crippen molar-refractivity contribution in [3.63, 3.8) is 0 Å². The van der Waals surface area contributed by atoms with Gasteiger partial charge in [-0.05, 0) is 46.7 Å².